The first kappa shape index (κ1) is 13.9. The molecule has 2 heterocycles. The lowest BCUT2D eigenvalue weighted by Crippen LogP contribution is -2.47. The van der Waals surface area contributed by atoms with Crippen LogP contribution in [0.1, 0.15) is 25.7 Å². The van der Waals surface area contributed by atoms with E-state index in [0.717, 1.165) is 31.6 Å². The van der Waals surface area contributed by atoms with Crippen LogP contribution >= 0.6 is 0 Å². The number of nitrogens with one attached hydrogen (secondary N) is 1. The molecule has 3 amide bonds. The zero-order chi connectivity index (χ0) is 14.7. The van der Waals surface area contributed by atoms with E-state index < -0.39 is 0 Å². The molecule has 1 N–H and O–H groups in total. The number of carbonyl (C=O) groups excluding carboxylic acids is 2. The van der Waals surface area contributed by atoms with Gasteiger partial charge >= 0.3 is 6.03 Å². The average Bonchev–Trinajstić information content (AvgIpc) is 2.89. The number of urea groups is 1. The first-order chi connectivity index (χ1) is 10.2. The Hall–Kier alpha value is -2.04. The van der Waals surface area contributed by atoms with Crippen LogP contribution in [0.2, 0.25) is 0 Å². The third-order valence-corrected chi connectivity index (χ3v) is 4.16. The molecule has 2 fully saturated rings. The largest absolute Gasteiger partial charge is 0.333 e. The number of anilines is 1. The lowest BCUT2D eigenvalue weighted by molar-refractivity contribution is -0.117. The highest BCUT2D eigenvalue weighted by Gasteiger charge is 2.32. The lowest BCUT2D eigenvalue weighted by Gasteiger charge is -2.28. The highest BCUT2D eigenvalue weighted by molar-refractivity contribution is 5.96. The number of amides is 3. The molecular weight excluding hydrogens is 266 g/mol. The standard InChI is InChI=1S/C16H21N3O2/c20-15-11-13(12-19(15)14-7-3-1-4-8-14)17-16(21)18-9-5-2-6-10-18/h1,3-4,7-8,13H,2,5-6,9-12H2,(H,17,21)/t13-/m1/s1. The van der Waals surface area contributed by atoms with E-state index in [1.165, 1.54) is 6.42 Å². The van der Waals surface area contributed by atoms with Crippen molar-refractivity contribution in [3.8, 4) is 0 Å². The van der Waals surface area contributed by atoms with Crippen molar-refractivity contribution in [2.75, 3.05) is 24.5 Å². The number of carbonyl (C=O) groups is 2. The second kappa shape index (κ2) is 6.16. The molecule has 21 heavy (non-hydrogen) atoms. The molecule has 1 aromatic rings. The molecule has 0 spiro atoms. The van der Waals surface area contributed by atoms with Gasteiger partial charge in [-0.3, -0.25) is 4.79 Å². The second-order valence-electron chi connectivity index (χ2n) is 5.74. The first-order valence-corrected chi connectivity index (χ1v) is 7.65. The highest BCUT2D eigenvalue weighted by atomic mass is 16.2. The quantitative estimate of drug-likeness (QED) is 0.904. The summed E-state index contributed by atoms with van der Waals surface area (Å²) in [6.07, 6.45) is 3.74. The minimum Gasteiger partial charge on any atom is -0.333 e. The summed E-state index contributed by atoms with van der Waals surface area (Å²) in [6.45, 7) is 2.21. The molecule has 0 aromatic heterocycles. The van der Waals surface area contributed by atoms with E-state index in [1.807, 2.05) is 35.2 Å². The summed E-state index contributed by atoms with van der Waals surface area (Å²) < 4.78 is 0. The Bertz CT molecular complexity index is 512. The van der Waals surface area contributed by atoms with Crippen LogP contribution in [0.5, 0.6) is 0 Å². The van der Waals surface area contributed by atoms with Crippen LogP contribution < -0.4 is 10.2 Å². The number of piperidine rings is 1. The highest BCUT2D eigenvalue weighted by Crippen LogP contribution is 2.21. The number of hydrogen-bond donors (Lipinski definition) is 1. The van der Waals surface area contributed by atoms with E-state index in [-0.39, 0.29) is 18.0 Å². The van der Waals surface area contributed by atoms with Gasteiger partial charge in [0.25, 0.3) is 0 Å². The smallest absolute Gasteiger partial charge is 0.317 e. The van der Waals surface area contributed by atoms with E-state index in [2.05, 4.69) is 5.32 Å². The van der Waals surface area contributed by atoms with E-state index in [4.69, 9.17) is 0 Å². The summed E-state index contributed by atoms with van der Waals surface area (Å²) in [5.41, 5.74) is 0.900. The fourth-order valence-electron chi connectivity index (χ4n) is 3.02. The summed E-state index contributed by atoms with van der Waals surface area (Å²) in [6, 6.07) is 9.50. The maximum Gasteiger partial charge on any atom is 0.317 e. The predicted octanol–water partition coefficient (Wildman–Crippen LogP) is 1.99. The normalized spacial score (nSPS) is 22.5. The van der Waals surface area contributed by atoms with E-state index in [0.29, 0.717) is 13.0 Å². The van der Waals surface area contributed by atoms with Gasteiger partial charge in [0, 0.05) is 31.7 Å². The molecule has 5 nitrogen and oxygen atoms in total. The molecule has 3 rings (SSSR count). The molecule has 0 unspecified atom stereocenters. The molecular formula is C16H21N3O2. The van der Waals surface area contributed by atoms with Crippen LogP contribution in [0.25, 0.3) is 0 Å². The maximum atomic E-state index is 12.2. The van der Waals surface area contributed by atoms with Crippen molar-refractivity contribution in [1.29, 1.82) is 0 Å². The van der Waals surface area contributed by atoms with E-state index >= 15 is 0 Å². The van der Waals surface area contributed by atoms with Gasteiger partial charge in [0.15, 0.2) is 0 Å². The van der Waals surface area contributed by atoms with Gasteiger partial charge < -0.3 is 15.1 Å². The summed E-state index contributed by atoms with van der Waals surface area (Å²) in [7, 11) is 0. The molecule has 5 heteroatoms. The van der Waals surface area contributed by atoms with Crippen molar-refractivity contribution in [3.05, 3.63) is 30.3 Å². The summed E-state index contributed by atoms with van der Waals surface area (Å²) >= 11 is 0. The Labute approximate surface area is 124 Å². The van der Waals surface area contributed by atoms with Gasteiger partial charge in [-0.25, -0.2) is 4.79 Å². The SMILES string of the molecule is O=C(N[C@@H]1CC(=O)N(c2ccccc2)C1)N1CCCCC1. The van der Waals surface area contributed by atoms with Crippen LogP contribution in [-0.2, 0) is 4.79 Å². The van der Waals surface area contributed by atoms with Gasteiger partial charge in [-0.05, 0) is 31.4 Å². The molecule has 112 valence electrons. The Kier molecular flexibility index (Phi) is 4.08. The summed E-state index contributed by atoms with van der Waals surface area (Å²) in [5.74, 6) is 0.0742. The van der Waals surface area contributed by atoms with E-state index in [1.54, 1.807) is 4.90 Å². The van der Waals surface area contributed by atoms with Gasteiger partial charge in [-0.1, -0.05) is 18.2 Å². The van der Waals surface area contributed by atoms with Gasteiger partial charge in [-0.2, -0.15) is 0 Å². The van der Waals surface area contributed by atoms with Gasteiger partial charge in [-0.15, -0.1) is 0 Å². The lowest BCUT2D eigenvalue weighted by atomic mass is 10.1. The number of likely N-dealkylation sites (tertiary alicyclic amines) is 1. The van der Waals surface area contributed by atoms with Crippen molar-refractivity contribution in [2.24, 2.45) is 0 Å². The number of rotatable bonds is 2. The second-order valence-corrected chi connectivity index (χ2v) is 5.74. The average molecular weight is 287 g/mol. The minimum absolute atomic E-state index is 0.0255. The molecule has 0 aliphatic carbocycles. The maximum absolute atomic E-state index is 12.2. The molecule has 1 aromatic carbocycles. The van der Waals surface area contributed by atoms with Crippen LogP contribution in [-0.4, -0.2) is 42.5 Å². The van der Waals surface area contributed by atoms with Gasteiger partial charge in [0.2, 0.25) is 5.91 Å². The number of hydrogen-bond acceptors (Lipinski definition) is 2. The van der Waals surface area contributed by atoms with Crippen molar-refractivity contribution in [1.82, 2.24) is 10.2 Å². The topological polar surface area (TPSA) is 52.7 Å². The van der Waals surface area contributed by atoms with Crippen molar-refractivity contribution in [3.63, 3.8) is 0 Å². The fraction of sp³-hybridized carbons (Fsp3) is 0.500. The van der Waals surface area contributed by atoms with Crippen LogP contribution in [0, 0.1) is 0 Å². The monoisotopic (exact) mass is 287 g/mol. The number of nitrogens with zero attached hydrogens (tertiary/aromatic N) is 2. The minimum atomic E-state index is -0.0906. The van der Waals surface area contributed by atoms with Crippen LogP contribution in [0.3, 0.4) is 0 Å². The first-order valence-electron chi connectivity index (χ1n) is 7.65. The molecule has 0 saturated carbocycles. The zero-order valence-corrected chi connectivity index (χ0v) is 12.1. The van der Waals surface area contributed by atoms with Crippen molar-refractivity contribution >= 4 is 17.6 Å². The molecule has 1 atom stereocenters. The molecule has 0 radical (unpaired) electrons. The third kappa shape index (κ3) is 3.17. The Balaban J connectivity index is 1.58. The van der Waals surface area contributed by atoms with Gasteiger partial charge in [0.05, 0.1) is 6.04 Å². The Morgan fingerprint density at radius 2 is 1.81 bits per heavy atom. The number of para-hydroxylation sites is 1. The van der Waals surface area contributed by atoms with Gasteiger partial charge in [0.1, 0.15) is 0 Å². The molecule has 2 aliphatic rings. The van der Waals surface area contributed by atoms with E-state index in [9.17, 15) is 9.59 Å². The molecule has 2 saturated heterocycles. The zero-order valence-electron chi connectivity index (χ0n) is 12.1. The summed E-state index contributed by atoms with van der Waals surface area (Å²) in [5, 5.41) is 3.00. The van der Waals surface area contributed by atoms with Crippen LogP contribution in [0.15, 0.2) is 30.3 Å². The van der Waals surface area contributed by atoms with Crippen molar-refractivity contribution < 1.29 is 9.59 Å². The predicted molar refractivity (Wildman–Crippen MR) is 81.2 cm³/mol. The van der Waals surface area contributed by atoms with Crippen molar-refractivity contribution in [2.45, 2.75) is 31.7 Å². The third-order valence-electron chi connectivity index (χ3n) is 4.16. The fourth-order valence-corrected chi connectivity index (χ4v) is 3.02. The molecule has 2 aliphatic heterocycles. The number of benzene rings is 1. The summed E-state index contributed by atoms with van der Waals surface area (Å²) in [4.78, 5) is 27.9. The van der Waals surface area contributed by atoms with Crippen LogP contribution in [0.4, 0.5) is 10.5 Å². The molecule has 0 bridgehead atoms. The Morgan fingerprint density at radius 3 is 2.52 bits per heavy atom. The Morgan fingerprint density at radius 1 is 1.10 bits per heavy atom.